The molecule has 2 atom stereocenters. The van der Waals surface area contributed by atoms with E-state index in [9.17, 15) is 0 Å². The van der Waals surface area contributed by atoms with Crippen molar-refractivity contribution >= 4 is 37.2 Å². The zero-order valence-corrected chi connectivity index (χ0v) is 14.8. The zero-order chi connectivity index (χ0) is 12.7. The van der Waals surface area contributed by atoms with Crippen molar-refractivity contribution in [3.63, 3.8) is 0 Å². The Labute approximate surface area is 150 Å². The molecule has 0 amide bonds. The van der Waals surface area contributed by atoms with Crippen LogP contribution < -0.4 is 10.1 Å². The van der Waals surface area contributed by atoms with Gasteiger partial charge in [-0.05, 0) is 37.8 Å². The van der Waals surface area contributed by atoms with Crippen LogP contribution in [0, 0.1) is 0 Å². The molecule has 3 aliphatic heterocycles. The Balaban J connectivity index is 0.000000807. The molecule has 1 N–H and O–H groups in total. The third-order valence-corrected chi connectivity index (χ3v) is 4.88. The Bertz CT molecular complexity index is 433. The first-order chi connectivity index (χ1) is 9.40. The lowest BCUT2D eigenvalue weighted by atomic mass is 9.95. The van der Waals surface area contributed by atoms with Crippen LogP contribution >= 0.6 is 37.2 Å². The summed E-state index contributed by atoms with van der Waals surface area (Å²) >= 11 is 0. The van der Waals surface area contributed by atoms with Crippen LogP contribution in [-0.4, -0.2) is 47.2 Å². The van der Waals surface area contributed by atoms with E-state index in [4.69, 9.17) is 4.74 Å². The fourth-order valence-electron chi connectivity index (χ4n) is 3.95. The van der Waals surface area contributed by atoms with Gasteiger partial charge >= 0.3 is 0 Å². The van der Waals surface area contributed by atoms with E-state index < -0.39 is 0 Å². The van der Waals surface area contributed by atoms with Gasteiger partial charge in [0.25, 0.3) is 0 Å². The van der Waals surface area contributed by atoms with Crippen molar-refractivity contribution in [1.82, 2.24) is 15.2 Å². The van der Waals surface area contributed by atoms with E-state index in [2.05, 4.69) is 15.2 Å². The van der Waals surface area contributed by atoms with E-state index in [1.54, 1.807) is 12.4 Å². The van der Waals surface area contributed by atoms with Gasteiger partial charge in [-0.2, -0.15) is 0 Å². The molecule has 1 aromatic heterocycles. The molecule has 4 nitrogen and oxygen atoms in total. The van der Waals surface area contributed by atoms with Crippen molar-refractivity contribution in [3.05, 3.63) is 24.5 Å². The van der Waals surface area contributed by atoms with Crippen LogP contribution in [0.3, 0.4) is 0 Å². The monoisotopic (exact) mass is 367 g/mol. The highest BCUT2D eigenvalue weighted by Gasteiger charge is 2.45. The maximum absolute atomic E-state index is 6.13. The standard InChI is InChI=1S/C15H21N3O.3ClH/c1-2-12-8-15(19-14-3-5-16-6-4-14)7-11(1)18(12)13-9-17-10-13;;;/h3-6,11-13,15,17H,1-2,7-10H2;3*1H. The fraction of sp³-hybridized carbons (Fsp3) is 0.667. The van der Waals surface area contributed by atoms with Gasteiger partial charge in [0.05, 0.1) is 0 Å². The third-order valence-electron chi connectivity index (χ3n) is 4.88. The molecule has 3 saturated heterocycles. The normalized spacial score (nSPS) is 30.3. The topological polar surface area (TPSA) is 37.4 Å². The molecule has 0 spiro atoms. The molecule has 0 saturated carbocycles. The molecule has 2 unspecified atom stereocenters. The Morgan fingerprint density at radius 3 is 2.05 bits per heavy atom. The van der Waals surface area contributed by atoms with E-state index in [1.807, 2.05) is 12.1 Å². The van der Waals surface area contributed by atoms with Crippen molar-refractivity contribution in [2.75, 3.05) is 13.1 Å². The van der Waals surface area contributed by atoms with Crippen LogP contribution in [0.15, 0.2) is 24.5 Å². The lowest BCUT2D eigenvalue weighted by Gasteiger charge is -2.47. The summed E-state index contributed by atoms with van der Waals surface area (Å²) in [7, 11) is 0. The summed E-state index contributed by atoms with van der Waals surface area (Å²) in [6, 6.07) is 6.21. The Hall–Kier alpha value is -0.260. The quantitative estimate of drug-likeness (QED) is 0.890. The van der Waals surface area contributed by atoms with Gasteiger partial charge < -0.3 is 10.1 Å². The number of halogens is 3. The fourth-order valence-corrected chi connectivity index (χ4v) is 3.95. The van der Waals surface area contributed by atoms with Crippen molar-refractivity contribution in [1.29, 1.82) is 0 Å². The summed E-state index contributed by atoms with van der Waals surface area (Å²) in [5.74, 6) is 0.971. The molecule has 0 radical (unpaired) electrons. The highest BCUT2D eigenvalue weighted by atomic mass is 35.5. The summed E-state index contributed by atoms with van der Waals surface area (Å²) in [5.41, 5.74) is 0. The largest absolute Gasteiger partial charge is 0.490 e. The van der Waals surface area contributed by atoms with Gasteiger partial charge in [0, 0.05) is 43.6 Å². The lowest BCUT2D eigenvalue weighted by molar-refractivity contribution is 0.00607. The molecular weight excluding hydrogens is 345 g/mol. The van der Waals surface area contributed by atoms with Crippen LogP contribution in [0.1, 0.15) is 25.7 Å². The maximum Gasteiger partial charge on any atom is 0.122 e. The van der Waals surface area contributed by atoms with Crippen LogP contribution in [0.4, 0.5) is 0 Å². The SMILES string of the molecule is Cl.Cl.Cl.c1cc(OC2CC3CCC(C2)N3C2CNC2)ccn1. The van der Waals surface area contributed by atoms with Crippen molar-refractivity contribution < 1.29 is 4.74 Å². The Kier molecular flexibility index (Phi) is 7.69. The number of fused-ring (bicyclic) bond motifs is 2. The van der Waals surface area contributed by atoms with Crippen LogP contribution in [0.5, 0.6) is 5.75 Å². The number of hydrogen-bond donors (Lipinski definition) is 1. The van der Waals surface area contributed by atoms with E-state index in [-0.39, 0.29) is 37.2 Å². The number of nitrogens with zero attached hydrogens (tertiary/aromatic N) is 2. The molecule has 0 aliphatic carbocycles. The number of ether oxygens (including phenoxy) is 1. The highest BCUT2D eigenvalue weighted by molar-refractivity contribution is 5.86. The van der Waals surface area contributed by atoms with E-state index >= 15 is 0 Å². The summed E-state index contributed by atoms with van der Waals surface area (Å²) in [4.78, 5) is 6.82. The zero-order valence-electron chi connectivity index (χ0n) is 12.4. The second kappa shape index (κ2) is 8.55. The second-order valence-corrected chi connectivity index (χ2v) is 6.04. The number of piperidine rings is 1. The molecule has 3 aliphatic rings. The molecule has 126 valence electrons. The van der Waals surface area contributed by atoms with Crippen molar-refractivity contribution in [2.24, 2.45) is 0 Å². The average Bonchev–Trinajstić information content (AvgIpc) is 2.62. The van der Waals surface area contributed by atoms with Crippen molar-refractivity contribution in [3.8, 4) is 5.75 Å². The first-order valence-corrected chi connectivity index (χ1v) is 7.45. The smallest absolute Gasteiger partial charge is 0.122 e. The van der Waals surface area contributed by atoms with E-state index in [0.29, 0.717) is 6.10 Å². The first-order valence-electron chi connectivity index (χ1n) is 7.45. The van der Waals surface area contributed by atoms with Gasteiger partial charge in [0.2, 0.25) is 0 Å². The third kappa shape index (κ3) is 3.80. The molecule has 2 bridgehead atoms. The van der Waals surface area contributed by atoms with Crippen LogP contribution in [0.2, 0.25) is 0 Å². The summed E-state index contributed by atoms with van der Waals surface area (Å²) < 4.78 is 6.13. The van der Waals surface area contributed by atoms with Crippen molar-refractivity contribution in [2.45, 2.75) is 49.9 Å². The Morgan fingerprint density at radius 1 is 0.955 bits per heavy atom. The minimum Gasteiger partial charge on any atom is -0.490 e. The molecule has 3 fully saturated rings. The molecule has 1 aromatic rings. The van der Waals surface area contributed by atoms with Gasteiger partial charge in [0.15, 0.2) is 0 Å². The first kappa shape index (κ1) is 19.8. The molecule has 0 aromatic carbocycles. The lowest BCUT2D eigenvalue weighted by Crippen LogP contribution is -2.62. The predicted octanol–water partition coefficient (Wildman–Crippen LogP) is 2.69. The maximum atomic E-state index is 6.13. The minimum atomic E-state index is 0. The van der Waals surface area contributed by atoms with Gasteiger partial charge in [-0.3, -0.25) is 9.88 Å². The van der Waals surface area contributed by atoms with Gasteiger partial charge in [-0.15, -0.1) is 37.2 Å². The summed E-state index contributed by atoms with van der Waals surface area (Å²) in [6.45, 7) is 2.37. The Morgan fingerprint density at radius 2 is 1.55 bits per heavy atom. The highest BCUT2D eigenvalue weighted by Crippen LogP contribution is 2.39. The van der Waals surface area contributed by atoms with Gasteiger partial charge in [-0.1, -0.05) is 0 Å². The molecule has 22 heavy (non-hydrogen) atoms. The molecule has 7 heteroatoms. The summed E-state index contributed by atoms with van der Waals surface area (Å²) in [5, 5.41) is 3.40. The number of pyridine rings is 1. The number of nitrogens with one attached hydrogen (secondary N) is 1. The number of aromatic nitrogens is 1. The molecular formula is C15H24Cl3N3O. The molecule has 4 rings (SSSR count). The number of hydrogen-bond acceptors (Lipinski definition) is 4. The van der Waals surface area contributed by atoms with E-state index in [1.165, 1.54) is 38.8 Å². The van der Waals surface area contributed by atoms with Gasteiger partial charge in [-0.25, -0.2) is 0 Å². The van der Waals surface area contributed by atoms with Gasteiger partial charge in [0.1, 0.15) is 11.9 Å². The molecule has 4 heterocycles. The minimum absolute atomic E-state index is 0. The van der Waals surface area contributed by atoms with Crippen LogP contribution in [0.25, 0.3) is 0 Å². The predicted molar refractivity (Wildman–Crippen MR) is 94.9 cm³/mol. The van der Waals surface area contributed by atoms with E-state index in [0.717, 1.165) is 23.9 Å². The second-order valence-electron chi connectivity index (χ2n) is 6.04. The number of rotatable bonds is 3. The van der Waals surface area contributed by atoms with Crippen LogP contribution in [-0.2, 0) is 0 Å². The average molecular weight is 369 g/mol. The summed E-state index contributed by atoms with van der Waals surface area (Å²) in [6.07, 6.45) is 9.10.